The van der Waals surface area contributed by atoms with Crippen LogP contribution in [-0.4, -0.2) is 58.9 Å². The molecule has 0 aromatic heterocycles. The van der Waals surface area contributed by atoms with E-state index < -0.39 is 0 Å². The predicted octanol–water partition coefficient (Wildman–Crippen LogP) is 4.40. The molecule has 0 aliphatic carbocycles. The zero-order valence-corrected chi connectivity index (χ0v) is 17.5. The van der Waals surface area contributed by atoms with Gasteiger partial charge in [0.25, 0.3) is 0 Å². The van der Waals surface area contributed by atoms with Gasteiger partial charge in [0.15, 0.2) is 0 Å². The average molecular weight is 389 g/mol. The fourth-order valence-corrected chi connectivity index (χ4v) is 1.42. The number of hydrogen-bond acceptors (Lipinski definition) is 4. The third kappa shape index (κ3) is 38.5. The van der Waals surface area contributed by atoms with Gasteiger partial charge in [0, 0.05) is 45.3 Å². The van der Waals surface area contributed by atoms with Crippen LogP contribution in [0.25, 0.3) is 0 Å². The molecule has 0 fully saturated rings. The molecule has 4 nitrogen and oxygen atoms in total. The minimum absolute atomic E-state index is 0. The first-order chi connectivity index (χ1) is 10.8. The van der Waals surface area contributed by atoms with Crippen LogP contribution in [0.1, 0.15) is 66.2 Å². The van der Waals surface area contributed by atoms with Crippen molar-refractivity contribution in [2.45, 2.75) is 66.2 Å². The van der Waals surface area contributed by atoms with E-state index in [1.807, 2.05) is 0 Å². The summed E-state index contributed by atoms with van der Waals surface area (Å²) in [5, 5.41) is 0. The van der Waals surface area contributed by atoms with E-state index in [-0.39, 0.29) is 35.9 Å². The predicted molar refractivity (Wildman–Crippen MR) is 98.3 cm³/mol. The average Bonchev–Trinajstić information content (AvgIpc) is 2.54. The Balaban J connectivity index is -0.000000154. The maximum Gasteiger partial charge on any atom is 2.00 e. The molecule has 146 valence electrons. The van der Waals surface area contributed by atoms with Crippen molar-refractivity contribution in [3.63, 3.8) is 0 Å². The molecular weight excluding hydrogens is 351 g/mol. The summed E-state index contributed by atoms with van der Waals surface area (Å²) < 4.78 is 20.7. The van der Waals surface area contributed by atoms with Gasteiger partial charge in [-0.1, -0.05) is 26.7 Å². The van der Waals surface area contributed by atoms with Crippen LogP contribution in [0.5, 0.6) is 0 Å². The van der Waals surface area contributed by atoms with Gasteiger partial charge in [-0.3, -0.25) is 0 Å². The molecule has 0 spiro atoms. The van der Waals surface area contributed by atoms with Crippen molar-refractivity contribution < 1.29 is 36.0 Å². The minimum Gasteiger partial charge on any atom is -0.356 e. The molecule has 0 aromatic rings. The van der Waals surface area contributed by atoms with Crippen LogP contribution in [0, 0.1) is 12.8 Å². The van der Waals surface area contributed by atoms with Gasteiger partial charge >= 0.3 is 17.1 Å². The van der Waals surface area contributed by atoms with Crippen molar-refractivity contribution in [3.05, 3.63) is 12.8 Å². The van der Waals surface area contributed by atoms with Crippen LogP contribution in [0.15, 0.2) is 0 Å². The van der Waals surface area contributed by atoms with Gasteiger partial charge in [-0.2, -0.15) is 26.7 Å². The number of hydrogen-bond donors (Lipinski definition) is 0. The van der Waals surface area contributed by atoms with E-state index in [0.717, 1.165) is 65.0 Å². The Labute approximate surface area is 173 Å². The zero-order valence-electron chi connectivity index (χ0n) is 16.6. The van der Waals surface area contributed by atoms with Gasteiger partial charge in [-0.15, -0.1) is 0 Å². The maximum absolute atomic E-state index is 5.20. The fourth-order valence-electron chi connectivity index (χ4n) is 1.42. The summed E-state index contributed by atoms with van der Waals surface area (Å²) in [7, 11) is 0. The van der Waals surface area contributed by atoms with Crippen LogP contribution >= 0.6 is 0 Å². The zero-order chi connectivity index (χ0) is 16.7. The van der Waals surface area contributed by atoms with Crippen molar-refractivity contribution in [2.24, 2.45) is 0 Å². The maximum atomic E-state index is 5.20. The molecule has 0 saturated carbocycles. The van der Waals surface area contributed by atoms with Gasteiger partial charge in [0.1, 0.15) is 13.6 Å². The van der Waals surface area contributed by atoms with Crippen molar-refractivity contribution in [2.75, 3.05) is 40.0 Å². The molecule has 0 N–H and O–H groups in total. The van der Waals surface area contributed by atoms with Crippen LogP contribution in [0.3, 0.4) is 0 Å². The van der Waals surface area contributed by atoms with Crippen LogP contribution < -0.4 is 0 Å². The summed E-state index contributed by atoms with van der Waals surface area (Å²) in [6.45, 7) is 12.5. The van der Waals surface area contributed by atoms with Gasteiger partial charge in [0.2, 0.25) is 0 Å². The number of rotatable bonds is 16. The molecule has 0 heterocycles. The molecule has 0 saturated heterocycles. The molecule has 0 amide bonds. The van der Waals surface area contributed by atoms with E-state index in [9.17, 15) is 0 Å². The molecule has 0 rings (SSSR count). The second-order valence-electron chi connectivity index (χ2n) is 4.97. The second kappa shape index (κ2) is 35.1. The van der Waals surface area contributed by atoms with Crippen molar-refractivity contribution in [1.29, 1.82) is 0 Å². The topological polar surface area (TPSA) is 36.9 Å². The molecule has 2 radical (unpaired) electrons. The molecule has 0 unspecified atom stereocenters. The quantitative estimate of drug-likeness (QED) is 0.170. The van der Waals surface area contributed by atoms with Gasteiger partial charge in [-0.25, -0.2) is 0 Å². The summed E-state index contributed by atoms with van der Waals surface area (Å²) in [4.78, 5) is 0. The summed E-state index contributed by atoms with van der Waals surface area (Å²) >= 11 is 0. The molecular formula is C18H38CuLiO4. The molecule has 0 aliphatic rings. The first-order valence-corrected chi connectivity index (χ1v) is 8.69. The van der Waals surface area contributed by atoms with E-state index in [1.165, 1.54) is 0 Å². The summed E-state index contributed by atoms with van der Waals surface area (Å²) in [5.41, 5.74) is 0. The Kier molecular flexibility index (Phi) is 47.7. The van der Waals surface area contributed by atoms with E-state index >= 15 is 0 Å². The van der Waals surface area contributed by atoms with Gasteiger partial charge in [0.05, 0.1) is 0 Å². The minimum atomic E-state index is 0. The van der Waals surface area contributed by atoms with E-state index in [4.69, 9.17) is 18.9 Å². The van der Waals surface area contributed by atoms with E-state index in [0.29, 0.717) is 13.6 Å². The monoisotopic (exact) mass is 388 g/mol. The van der Waals surface area contributed by atoms with E-state index in [1.54, 1.807) is 0 Å². The molecule has 0 aliphatic heterocycles. The van der Waals surface area contributed by atoms with Gasteiger partial charge in [-0.05, 0) is 12.8 Å². The molecule has 0 atom stereocenters. The fraction of sp³-hybridized carbons (Fsp3) is 0.889. The van der Waals surface area contributed by atoms with Crippen molar-refractivity contribution in [1.82, 2.24) is 0 Å². The molecule has 0 aromatic carbocycles. The van der Waals surface area contributed by atoms with E-state index in [2.05, 4.69) is 40.5 Å². The third-order valence-electron chi connectivity index (χ3n) is 2.59. The summed E-state index contributed by atoms with van der Waals surface area (Å²) in [5.74, 6) is 0. The van der Waals surface area contributed by atoms with Crippen molar-refractivity contribution >= 4 is 18.9 Å². The number of unbranched alkanes of at least 4 members (excludes halogenated alkanes) is 4. The SMILES string of the molecule is C[CH-]CCCOCOCCC.C[CH-]CCCOCOCCC.[Cu+2].[Li]. The normalized spacial score (nSPS) is 9.50. The standard InChI is InChI=1S/2C9H19O2.Cu.Li/c2*1-3-5-6-8-11-9-10-7-4-2;;/h2*3H,4-9H2,1-2H3;;/q2*-1;+2;. The Hall–Kier alpha value is 0.957. The second-order valence-corrected chi connectivity index (χ2v) is 4.97. The van der Waals surface area contributed by atoms with Crippen LogP contribution in [-0.2, 0) is 36.0 Å². The smallest absolute Gasteiger partial charge is 0.356 e. The Morgan fingerprint density at radius 2 is 0.958 bits per heavy atom. The Morgan fingerprint density at radius 1 is 0.625 bits per heavy atom. The molecule has 24 heavy (non-hydrogen) atoms. The molecule has 6 heteroatoms. The van der Waals surface area contributed by atoms with Crippen molar-refractivity contribution in [3.8, 4) is 0 Å². The Morgan fingerprint density at radius 3 is 1.25 bits per heavy atom. The summed E-state index contributed by atoms with van der Waals surface area (Å²) in [6, 6.07) is 0. The van der Waals surface area contributed by atoms with Crippen LogP contribution in [0.4, 0.5) is 0 Å². The largest absolute Gasteiger partial charge is 2.00 e. The van der Waals surface area contributed by atoms with Crippen LogP contribution in [0.2, 0.25) is 0 Å². The Bertz CT molecular complexity index is 143. The third-order valence-corrected chi connectivity index (χ3v) is 2.59. The molecule has 0 bridgehead atoms. The first-order valence-electron chi connectivity index (χ1n) is 8.69. The van der Waals surface area contributed by atoms with Gasteiger partial charge < -0.3 is 31.8 Å². The first kappa shape index (κ1) is 32.6. The summed E-state index contributed by atoms with van der Waals surface area (Å²) in [6.07, 6.45) is 10.9. The number of ether oxygens (including phenoxy) is 4.